The average Bonchev–Trinajstić information content (AvgIpc) is 3.04. The van der Waals surface area contributed by atoms with Crippen molar-refractivity contribution in [3.63, 3.8) is 0 Å². The van der Waals surface area contributed by atoms with Crippen LogP contribution in [-0.2, 0) is 6.18 Å². The Balaban J connectivity index is 1.48. The van der Waals surface area contributed by atoms with Gasteiger partial charge in [-0.3, -0.25) is 9.69 Å². The summed E-state index contributed by atoms with van der Waals surface area (Å²) in [6.45, 7) is 6.34. The number of hydrogen-bond donors (Lipinski definition) is 1. The van der Waals surface area contributed by atoms with Crippen LogP contribution in [0.25, 0.3) is 0 Å². The maximum absolute atomic E-state index is 14.4. The highest BCUT2D eigenvalue weighted by atomic mass is 19.4. The predicted molar refractivity (Wildman–Crippen MR) is 121 cm³/mol. The fourth-order valence-corrected chi connectivity index (χ4v) is 5.80. The Kier molecular flexibility index (Phi) is 6.64. The number of fused-ring (bicyclic) bond motifs is 2. The van der Waals surface area contributed by atoms with E-state index in [0.29, 0.717) is 18.9 Å². The van der Waals surface area contributed by atoms with E-state index in [4.69, 9.17) is 4.74 Å². The summed E-state index contributed by atoms with van der Waals surface area (Å²) in [6, 6.07) is 7.37. The van der Waals surface area contributed by atoms with Gasteiger partial charge in [-0.2, -0.15) is 13.2 Å². The highest BCUT2D eigenvalue weighted by Crippen LogP contribution is 2.43. The molecule has 2 aromatic carbocycles. The molecule has 0 aromatic heterocycles. The van der Waals surface area contributed by atoms with Crippen LogP contribution in [0.5, 0.6) is 5.75 Å². The van der Waals surface area contributed by atoms with Crippen molar-refractivity contribution >= 4 is 5.91 Å². The van der Waals surface area contributed by atoms with Crippen LogP contribution in [0.3, 0.4) is 0 Å². The van der Waals surface area contributed by atoms with E-state index < -0.39 is 29.0 Å². The minimum absolute atomic E-state index is 0.180. The number of amides is 1. The molecule has 0 saturated carbocycles. The van der Waals surface area contributed by atoms with Crippen molar-refractivity contribution in [3.05, 3.63) is 64.0 Å². The van der Waals surface area contributed by atoms with Crippen molar-refractivity contribution in [2.45, 2.75) is 76.8 Å². The molecule has 2 bridgehead atoms. The van der Waals surface area contributed by atoms with E-state index in [0.717, 1.165) is 36.3 Å². The minimum Gasteiger partial charge on any atom is -0.496 e. The fourth-order valence-electron chi connectivity index (χ4n) is 5.80. The Labute approximate surface area is 197 Å². The van der Waals surface area contributed by atoms with E-state index in [1.807, 2.05) is 13.0 Å². The topological polar surface area (TPSA) is 41.6 Å². The maximum atomic E-state index is 14.4. The Bertz CT molecular complexity index is 1070. The second-order valence-corrected chi connectivity index (χ2v) is 9.42. The van der Waals surface area contributed by atoms with E-state index in [-0.39, 0.29) is 24.2 Å². The van der Waals surface area contributed by atoms with Crippen LogP contribution in [0, 0.1) is 19.7 Å². The Morgan fingerprint density at radius 2 is 1.74 bits per heavy atom. The van der Waals surface area contributed by atoms with Crippen LogP contribution >= 0.6 is 0 Å². The van der Waals surface area contributed by atoms with E-state index in [2.05, 4.69) is 30.1 Å². The van der Waals surface area contributed by atoms with Gasteiger partial charge in [0.1, 0.15) is 11.6 Å². The zero-order chi connectivity index (χ0) is 24.8. The van der Waals surface area contributed by atoms with Gasteiger partial charge in [0.25, 0.3) is 5.91 Å². The van der Waals surface area contributed by atoms with Gasteiger partial charge in [0.15, 0.2) is 0 Å². The molecule has 2 saturated heterocycles. The Morgan fingerprint density at radius 1 is 1.09 bits per heavy atom. The van der Waals surface area contributed by atoms with Gasteiger partial charge < -0.3 is 10.1 Å². The summed E-state index contributed by atoms with van der Waals surface area (Å²) in [5, 5.41) is 2.80. The molecular weight excluding hydrogens is 448 g/mol. The van der Waals surface area contributed by atoms with Crippen LogP contribution < -0.4 is 10.1 Å². The first-order valence-corrected chi connectivity index (χ1v) is 11.6. The molecule has 184 valence electrons. The lowest BCUT2D eigenvalue weighted by Gasteiger charge is -2.43. The number of hydrogen-bond acceptors (Lipinski definition) is 3. The summed E-state index contributed by atoms with van der Waals surface area (Å²) in [7, 11) is 1.66. The second kappa shape index (κ2) is 9.21. The summed E-state index contributed by atoms with van der Waals surface area (Å²) in [4.78, 5) is 15.2. The van der Waals surface area contributed by atoms with Gasteiger partial charge in [-0.15, -0.1) is 0 Å². The number of methoxy groups -OCH3 is 1. The third-order valence-electron chi connectivity index (χ3n) is 7.57. The smallest absolute Gasteiger partial charge is 0.419 e. The number of carbonyl (C=O) groups excluding carboxylic acids is 1. The fraction of sp³-hybridized carbons (Fsp3) is 0.500. The SMILES string of the molecule is COc1ccc(C(C)N2C3CCC2CC(NC(=O)c2cccc(C(F)(F)F)c2F)C3)c(C)c1C. The van der Waals surface area contributed by atoms with Crippen molar-refractivity contribution in [3.8, 4) is 5.75 Å². The molecule has 34 heavy (non-hydrogen) atoms. The highest BCUT2D eigenvalue weighted by molar-refractivity contribution is 5.95. The van der Waals surface area contributed by atoms with Crippen molar-refractivity contribution in [1.29, 1.82) is 0 Å². The normalized spacial score (nSPS) is 23.6. The van der Waals surface area contributed by atoms with Crippen LogP contribution in [0.2, 0.25) is 0 Å². The summed E-state index contributed by atoms with van der Waals surface area (Å²) < 4.78 is 59.0. The number of ether oxygens (including phenoxy) is 1. The van der Waals surface area contributed by atoms with Crippen LogP contribution in [-0.4, -0.2) is 36.0 Å². The molecule has 3 unspecified atom stereocenters. The second-order valence-electron chi connectivity index (χ2n) is 9.42. The first-order valence-electron chi connectivity index (χ1n) is 11.6. The third kappa shape index (κ3) is 4.40. The Morgan fingerprint density at radius 3 is 2.32 bits per heavy atom. The number of alkyl halides is 3. The summed E-state index contributed by atoms with van der Waals surface area (Å²) in [6.07, 6.45) is -1.50. The van der Waals surface area contributed by atoms with Crippen molar-refractivity contribution in [1.82, 2.24) is 10.2 Å². The largest absolute Gasteiger partial charge is 0.496 e. The molecular formula is C26H30F4N2O2. The van der Waals surface area contributed by atoms with Gasteiger partial charge in [0, 0.05) is 24.2 Å². The molecule has 2 fully saturated rings. The number of rotatable bonds is 5. The zero-order valence-electron chi connectivity index (χ0n) is 19.8. The number of nitrogens with zero attached hydrogens (tertiary/aromatic N) is 1. The number of benzene rings is 2. The first kappa shape index (κ1) is 24.5. The quantitative estimate of drug-likeness (QED) is 0.540. The van der Waals surface area contributed by atoms with E-state index in [1.54, 1.807) is 7.11 Å². The molecule has 2 heterocycles. The lowest BCUT2D eigenvalue weighted by atomic mass is 9.91. The molecule has 2 aliphatic rings. The summed E-state index contributed by atoms with van der Waals surface area (Å²) >= 11 is 0. The minimum atomic E-state index is -4.85. The molecule has 2 aromatic rings. The number of piperidine rings is 1. The van der Waals surface area contributed by atoms with Gasteiger partial charge in [-0.05, 0) is 81.3 Å². The van der Waals surface area contributed by atoms with Gasteiger partial charge >= 0.3 is 6.18 Å². The van der Waals surface area contributed by atoms with Gasteiger partial charge in [0.2, 0.25) is 0 Å². The number of nitrogens with one attached hydrogen (secondary N) is 1. The van der Waals surface area contributed by atoms with E-state index in [9.17, 15) is 22.4 Å². The van der Waals surface area contributed by atoms with Crippen molar-refractivity contribution < 1.29 is 27.1 Å². The average molecular weight is 479 g/mol. The summed E-state index contributed by atoms with van der Waals surface area (Å²) in [5.41, 5.74) is 1.56. The molecule has 1 N–H and O–H groups in total. The highest BCUT2D eigenvalue weighted by Gasteiger charge is 2.44. The molecule has 4 rings (SSSR count). The maximum Gasteiger partial charge on any atom is 0.419 e. The first-order chi connectivity index (χ1) is 16.0. The van der Waals surface area contributed by atoms with Crippen LogP contribution in [0.4, 0.5) is 17.6 Å². The van der Waals surface area contributed by atoms with Gasteiger partial charge in [-0.1, -0.05) is 12.1 Å². The van der Waals surface area contributed by atoms with Crippen molar-refractivity contribution in [2.75, 3.05) is 7.11 Å². The number of halogens is 4. The molecule has 8 heteroatoms. The predicted octanol–water partition coefficient (Wildman–Crippen LogP) is 5.96. The molecule has 0 aliphatic carbocycles. The molecule has 4 nitrogen and oxygen atoms in total. The third-order valence-corrected chi connectivity index (χ3v) is 7.57. The molecule has 1 amide bonds. The molecule has 3 atom stereocenters. The molecule has 0 spiro atoms. The lowest BCUT2D eigenvalue weighted by molar-refractivity contribution is -0.140. The van der Waals surface area contributed by atoms with Crippen LogP contribution in [0.1, 0.15) is 71.3 Å². The van der Waals surface area contributed by atoms with Gasteiger partial charge in [-0.25, -0.2) is 4.39 Å². The molecule has 0 radical (unpaired) electrons. The molecule has 2 aliphatic heterocycles. The van der Waals surface area contributed by atoms with E-state index in [1.165, 1.54) is 11.1 Å². The summed E-state index contributed by atoms with van der Waals surface area (Å²) in [5.74, 6) is -1.46. The van der Waals surface area contributed by atoms with Gasteiger partial charge in [0.05, 0.1) is 18.2 Å². The zero-order valence-corrected chi connectivity index (χ0v) is 19.8. The van der Waals surface area contributed by atoms with Crippen molar-refractivity contribution in [2.24, 2.45) is 0 Å². The van der Waals surface area contributed by atoms with E-state index >= 15 is 0 Å². The lowest BCUT2D eigenvalue weighted by Crippen LogP contribution is -2.51. The number of carbonyl (C=O) groups is 1. The monoisotopic (exact) mass is 478 g/mol. The van der Waals surface area contributed by atoms with Crippen LogP contribution in [0.15, 0.2) is 30.3 Å². The Hall–Kier alpha value is -2.61. The standard InChI is InChI=1S/C26H30F4N2O2/c1-14-15(2)23(34-4)11-10-20(14)16(3)32-18-8-9-19(32)13-17(12-18)31-25(33)21-6-5-7-22(24(21)27)26(28,29)30/h5-7,10-11,16-19H,8-9,12-13H2,1-4H3,(H,31,33).